The zero-order valence-corrected chi connectivity index (χ0v) is 17.9. The summed E-state index contributed by atoms with van der Waals surface area (Å²) in [6, 6.07) is 17.6. The van der Waals surface area contributed by atoms with Gasteiger partial charge in [-0.2, -0.15) is 0 Å². The van der Waals surface area contributed by atoms with E-state index in [0.29, 0.717) is 23.0 Å². The number of benzene rings is 3. The molecule has 1 aliphatic heterocycles. The van der Waals surface area contributed by atoms with Crippen molar-refractivity contribution < 1.29 is 13.6 Å². The number of carbonyl (C=O) groups excluding carboxylic acids is 1. The summed E-state index contributed by atoms with van der Waals surface area (Å²) in [5, 5.41) is 3.71. The van der Waals surface area contributed by atoms with Crippen molar-refractivity contribution in [3.8, 4) is 0 Å². The Labute approximate surface area is 186 Å². The fraction of sp³-hybridized carbons (Fsp3) is 0.125. The van der Waals surface area contributed by atoms with Crippen LogP contribution >= 0.6 is 15.9 Å². The van der Waals surface area contributed by atoms with Crippen LogP contribution < -0.4 is 5.32 Å². The van der Waals surface area contributed by atoms with Gasteiger partial charge in [0, 0.05) is 33.2 Å². The minimum Gasteiger partial charge on any atom is -0.356 e. The highest BCUT2D eigenvalue weighted by Gasteiger charge is 2.36. The van der Waals surface area contributed by atoms with E-state index in [2.05, 4.69) is 26.2 Å². The van der Waals surface area contributed by atoms with Gasteiger partial charge in [0.2, 0.25) is 0 Å². The molecule has 5 rings (SSSR count). The number of halogens is 3. The van der Waals surface area contributed by atoms with Crippen LogP contribution in [-0.2, 0) is 6.42 Å². The average Bonchev–Trinajstić information content (AvgIpc) is 3.14. The normalized spacial score (nSPS) is 15.7. The van der Waals surface area contributed by atoms with Crippen molar-refractivity contribution in [3.63, 3.8) is 0 Å². The van der Waals surface area contributed by atoms with Gasteiger partial charge in [0.05, 0.1) is 5.69 Å². The molecule has 2 heterocycles. The summed E-state index contributed by atoms with van der Waals surface area (Å²) in [5.41, 5.74) is 3.26. The molecule has 0 bridgehead atoms. The first-order valence-electron chi connectivity index (χ1n) is 9.89. The molecule has 0 radical (unpaired) electrons. The fourth-order valence-electron chi connectivity index (χ4n) is 4.26. The summed E-state index contributed by atoms with van der Waals surface area (Å²) < 4.78 is 29.7. The molecule has 2 N–H and O–H groups in total. The maximum absolute atomic E-state index is 14.9. The summed E-state index contributed by atoms with van der Waals surface area (Å²) >= 11 is 3.21. The number of hydrogen-bond acceptors (Lipinski definition) is 1. The third-order valence-electron chi connectivity index (χ3n) is 5.67. The minimum absolute atomic E-state index is 0.0722. The maximum atomic E-state index is 14.9. The van der Waals surface area contributed by atoms with Crippen molar-refractivity contribution in [2.75, 3.05) is 11.9 Å². The second-order valence-corrected chi connectivity index (χ2v) is 8.40. The van der Waals surface area contributed by atoms with Crippen LogP contribution in [-0.4, -0.2) is 22.5 Å². The van der Waals surface area contributed by atoms with Crippen molar-refractivity contribution in [2.24, 2.45) is 0 Å². The number of amides is 2. The van der Waals surface area contributed by atoms with Gasteiger partial charge < -0.3 is 15.2 Å². The number of urea groups is 1. The number of fused-ring (bicyclic) bond motifs is 3. The molecule has 156 valence electrons. The van der Waals surface area contributed by atoms with Crippen LogP contribution in [0.3, 0.4) is 0 Å². The molecule has 0 fully saturated rings. The van der Waals surface area contributed by atoms with E-state index in [1.807, 2.05) is 24.3 Å². The number of carbonyl (C=O) groups is 1. The minimum atomic E-state index is -0.657. The SMILES string of the molecule is O=C(Nc1ccc(Br)cc1F)N1CCc2c([nH]c3ccccc23)C1c1ccccc1F. The van der Waals surface area contributed by atoms with Gasteiger partial charge in [0.1, 0.15) is 17.7 Å². The number of hydrogen-bond donors (Lipinski definition) is 2. The van der Waals surface area contributed by atoms with Crippen LogP contribution in [0.15, 0.2) is 71.2 Å². The molecule has 4 aromatic rings. The zero-order chi connectivity index (χ0) is 21.5. The molecule has 31 heavy (non-hydrogen) atoms. The number of rotatable bonds is 2. The maximum Gasteiger partial charge on any atom is 0.322 e. The standard InChI is InChI=1S/C24H18BrF2N3O/c25-14-9-10-21(19(27)13-14)29-24(31)30-12-11-16-15-5-2-4-8-20(15)28-22(16)23(30)17-6-1-3-7-18(17)26/h1-10,13,23,28H,11-12H2,(H,29,31). The average molecular weight is 482 g/mol. The molecule has 0 spiro atoms. The lowest BCUT2D eigenvalue weighted by atomic mass is 9.92. The van der Waals surface area contributed by atoms with Crippen molar-refractivity contribution in [2.45, 2.75) is 12.5 Å². The van der Waals surface area contributed by atoms with Gasteiger partial charge in [0.25, 0.3) is 0 Å². The molecular weight excluding hydrogens is 464 g/mol. The first-order chi connectivity index (χ1) is 15.0. The summed E-state index contributed by atoms with van der Waals surface area (Å²) in [7, 11) is 0. The van der Waals surface area contributed by atoms with Crippen molar-refractivity contribution in [1.82, 2.24) is 9.88 Å². The molecule has 1 aromatic heterocycles. The smallest absolute Gasteiger partial charge is 0.322 e. The molecule has 1 aliphatic rings. The molecule has 0 saturated carbocycles. The Balaban J connectivity index is 1.59. The number of nitrogens with one attached hydrogen (secondary N) is 2. The first-order valence-corrected chi connectivity index (χ1v) is 10.7. The second kappa shape index (κ2) is 7.81. The highest BCUT2D eigenvalue weighted by atomic mass is 79.9. The molecule has 2 amide bonds. The summed E-state index contributed by atoms with van der Waals surface area (Å²) in [5.74, 6) is -0.944. The Hall–Kier alpha value is -3.19. The molecule has 4 nitrogen and oxygen atoms in total. The topological polar surface area (TPSA) is 48.1 Å². The molecule has 1 unspecified atom stereocenters. The third kappa shape index (κ3) is 3.49. The van der Waals surface area contributed by atoms with Gasteiger partial charge in [-0.3, -0.25) is 0 Å². The van der Waals surface area contributed by atoms with Crippen LogP contribution in [0, 0.1) is 11.6 Å². The highest BCUT2D eigenvalue weighted by Crippen LogP contribution is 2.39. The third-order valence-corrected chi connectivity index (χ3v) is 6.16. The van der Waals surface area contributed by atoms with Crippen molar-refractivity contribution in [1.29, 1.82) is 0 Å². The molecule has 3 aromatic carbocycles. The van der Waals surface area contributed by atoms with Crippen LogP contribution in [0.5, 0.6) is 0 Å². The Kier molecular flexibility index (Phi) is 4.98. The Morgan fingerprint density at radius 1 is 1.03 bits per heavy atom. The number of nitrogens with zero attached hydrogens (tertiary/aromatic N) is 1. The van der Waals surface area contributed by atoms with Gasteiger partial charge in [-0.15, -0.1) is 0 Å². The van der Waals surface area contributed by atoms with Crippen LogP contribution in [0.4, 0.5) is 19.3 Å². The highest BCUT2D eigenvalue weighted by molar-refractivity contribution is 9.10. The lowest BCUT2D eigenvalue weighted by molar-refractivity contribution is 0.191. The van der Waals surface area contributed by atoms with Gasteiger partial charge in [-0.05, 0) is 42.3 Å². The largest absolute Gasteiger partial charge is 0.356 e. The van der Waals surface area contributed by atoms with Gasteiger partial charge in [-0.25, -0.2) is 13.6 Å². The fourth-order valence-corrected chi connectivity index (χ4v) is 4.59. The van der Waals surface area contributed by atoms with E-state index in [1.54, 1.807) is 29.2 Å². The number of para-hydroxylation sites is 1. The van der Waals surface area contributed by atoms with E-state index >= 15 is 0 Å². The number of aromatic nitrogens is 1. The predicted molar refractivity (Wildman–Crippen MR) is 120 cm³/mol. The van der Waals surface area contributed by atoms with Crippen molar-refractivity contribution >= 4 is 38.6 Å². The quantitative estimate of drug-likeness (QED) is 0.342. The summed E-state index contributed by atoms with van der Waals surface area (Å²) in [6.45, 7) is 0.373. The Morgan fingerprint density at radius 3 is 2.61 bits per heavy atom. The van der Waals surface area contributed by atoms with Gasteiger partial charge in [0.15, 0.2) is 0 Å². The number of anilines is 1. The monoisotopic (exact) mass is 481 g/mol. The summed E-state index contributed by atoms with van der Waals surface area (Å²) in [6.07, 6.45) is 0.612. The number of aromatic amines is 1. The summed E-state index contributed by atoms with van der Waals surface area (Å²) in [4.78, 5) is 18.2. The van der Waals surface area contributed by atoms with E-state index in [1.165, 1.54) is 18.2 Å². The Bertz CT molecular complexity index is 1300. The van der Waals surface area contributed by atoms with Crippen LogP contribution in [0.25, 0.3) is 10.9 Å². The predicted octanol–water partition coefficient (Wildman–Crippen LogP) is 6.39. The molecular formula is C24H18BrF2N3O. The molecule has 1 atom stereocenters. The van der Waals surface area contributed by atoms with E-state index in [-0.39, 0.29) is 5.69 Å². The molecule has 7 heteroatoms. The number of H-pyrrole nitrogens is 1. The zero-order valence-electron chi connectivity index (χ0n) is 16.3. The van der Waals surface area contributed by atoms with Gasteiger partial charge in [-0.1, -0.05) is 52.3 Å². The lowest BCUT2D eigenvalue weighted by Gasteiger charge is -2.36. The Morgan fingerprint density at radius 2 is 1.81 bits per heavy atom. The van der Waals surface area contributed by atoms with Gasteiger partial charge >= 0.3 is 6.03 Å². The van der Waals surface area contributed by atoms with E-state index in [4.69, 9.17) is 0 Å². The first kappa shape index (κ1) is 19.8. The molecule has 0 saturated heterocycles. The van der Waals surface area contributed by atoms with E-state index < -0.39 is 23.7 Å². The van der Waals surface area contributed by atoms with E-state index in [9.17, 15) is 13.6 Å². The second-order valence-electron chi connectivity index (χ2n) is 7.48. The van der Waals surface area contributed by atoms with Crippen LogP contribution in [0.1, 0.15) is 22.9 Å². The molecule has 0 aliphatic carbocycles. The lowest BCUT2D eigenvalue weighted by Crippen LogP contribution is -2.43. The van der Waals surface area contributed by atoms with E-state index in [0.717, 1.165) is 22.2 Å². The van der Waals surface area contributed by atoms with Crippen molar-refractivity contribution in [3.05, 3.63) is 99.7 Å². The van der Waals surface area contributed by atoms with Crippen LogP contribution in [0.2, 0.25) is 0 Å².